The van der Waals surface area contributed by atoms with Crippen LogP contribution >= 0.6 is 0 Å². The molecule has 0 aliphatic heterocycles. The molecule has 2 aromatic carbocycles. The first kappa shape index (κ1) is 14.8. The summed E-state index contributed by atoms with van der Waals surface area (Å²) in [6, 6.07) is 18.8. The van der Waals surface area contributed by atoms with Crippen molar-refractivity contribution in [3.8, 4) is 0 Å². The van der Waals surface area contributed by atoms with E-state index in [1.807, 2.05) is 30.9 Å². The summed E-state index contributed by atoms with van der Waals surface area (Å²) >= 11 is 0. The molecule has 22 heavy (non-hydrogen) atoms. The second-order valence-electron chi connectivity index (χ2n) is 5.92. The van der Waals surface area contributed by atoms with E-state index in [-0.39, 0.29) is 5.91 Å². The Hall–Kier alpha value is -2.09. The highest BCUT2D eigenvalue weighted by atomic mass is 16.2. The standard InChI is InChI=1S/C20H23NO/c1-3-21(4-2)20(22)17-13-9-8-12-16(17)19-14-18(19)15-10-6-5-7-11-15/h5-13,18-19H,3-4,14H2,1-2H3. The average molecular weight is 293 g/mol. The molecule has 114 valence electrons. The first-order valence-electron chi connectivity index (χ1n) is 8.19. The Labute approximate surface area is 132 Å². The Morgan fingerprint density at radius 2 is 1.59 bits per heavy atom. The molecule has 1 amide bonds. The van der Waals surface area contributed by atoms with Crippen LogP contribution in [-0.2, 0) is 0 Å². The molecular formula is C20H23NO. The maximum absolute atomic E-state index is 12.7. The van der Waals surface area contributed by atoms with E-state index in [4.69, 9.17) is 0 Å². The lowest BCUT2D eigenvalue weighted by atomic mass is 9.99. The molecule has 0 bridgehead atoms. The summed E-state index contributed by atoms with van der Waals surface area (Å²) in [5.74, 6) is 1.21. The van der Waals surface area contributed by atoms with Gasteiger partial charge < -0.3 is 4.90 Å². The van der Waals surface area contributed by atoms with Crippen molar-refractivity contribution in [1.82, 2.24) is 4.90 Å². The van der Waals surface area contributed by atoms with Gasteiger partial charge in [0.15, 0.2) is 0 Å². The highest BCUT2D eigenvalue weighted by Crippen LogP contribution is 2.55. The highest BCUT2D eigenvalue weighted by Gasteiger charge is 2.41. The molecule has 1 saturated carbocycles. The van der Waals surface area contributed by atoms with Gasteiger partial charge in [-0.25, -0.2) is 0 Å². The molecule has 0 saturated heterocycles. The van der Waals surface area contributed by atoms with Crippen molar-refractivity contribution in [2.75, 3.05) is 13.1 Å². The van der Waals surface area contributed by atoms with Gasteiger partial charge in [0.1, 0.15) is 0 Å². The maximum atomic E-state index is 12.7. The molecule has 1 fully saturated rings. The van der Waals surface area contributed by atoms with Crippen LogP contribution in [0.1, 0.15) is 53.6 Å². The Bertz CT molecular complexity index is 646. The summed E-state index contributed by atoms with van der Waals surface area (Å²) < 4.78 is 0. The molecule has 2 heteroatoms. The number of hydrogen-bond acceptors (Lipinski definition) is 1. The van der Waals surface area contributed by atoms with Crippen LogP contribution in [0.2, 0.25) is 0 Å². The van der Waals surface area contributed by atoms with Gasteiger partial charge in [0.25, 0.3) is 5.91 Å². The van der Waals surface area contributed by atoms with Crippen molar-refractivity contribution in [2.24, 2.45) is 0 Å². The predicted molar refractivity (Wildman–Crippen MR) is 90.2 cm³/mol. The smallest absolute Gasteiger partial charge is 0.254 e. The normalized spacial score (nSPS) is 19.7. The van der Waals surface area contributed by atoms with E-state index >= 15 is 0 Å². The molecule has 0 aromatic heterocycles. The van der Waals surface area contributed by atoms with Gasteiger partial charge in [0.05, 0.1) is 0 Å². The minimum atomic E-state index is 0.166. The van der Waals surface area contributed by atoms with E-state index in [1.165, 1.54) is 11.1 Å². The second-order valence-corrected chi connectivity index (χ2v) is 5.92. The lowest BCUT2D eigenvalue weighted by Gasteiger charge is -2.20. The zero-order chi connectivity index (χ0) is 15.5. The fourth-order valence-electron chi connectivity index (χ4n) is 3.30. The largest absolute Gasteiger partial charge is 0.339 e. The summed E-state index contributed by atoms with van der Waals surface area (Å²) in [4.78, 5) is 14.6. The lowest BCUT2D eigenvalue weighted by Crippen LogP contribution is -2.31. The fourth-order valence-corrected chi connectivity index (χ4v) is 3.30. The summed E-state index contributed by atoms with van der Waals surface area (Å²) in [6.07, 6.45) is 1.15. The number of carbonyl (C=O) groups excluding carboxylic acids is 1. The van der Waals surface area contributed by atoms with Crippen molar-refractivity contribution in [1.29, 1.82) is 0 Å². The van der Waals surface area contributed by atoms with Crippen molar-refractivity contribution >= 4 is 5.91 Å². The van der Waals surface area contributed by atoms with Crippen LogP contribution in [0.15, 0.2) is 54.6 Å². The molecule has 0 radical (unpaired) electrons. The van der Waals surface area contributed by atoms with Gasteiger partial charge in [-0.05, 0) is 49.3 Å². The lowest BCUT2D eigenvalue weighted by molar-refractivity contribution is 0.0772. The monoisotopic (exact) mass is 293 g/mol. The van der Waals surface area contributed by atoms with Gasteiger partial charge >= 0.3 is 0 Å². The number of amides is 1. The minimum Gasteiger partial charge on any atom is -0.339 e. The van der Waals surface area contributed by atoms with Crippen molar-refractivity contribution in [2.45, 2.75) is 32.1 Å². The summed E-state index contributed by atoms with van der Waals surface area (Å²) in [7, 11) is 0. The molecule has 0 heterocycles. The Kier molecular flexibility index (Phi) is 4.28. The average Bonchev–Trinajstić information content (AvgIpc) is 3.37. The third-order valence-corrected chi connectivity index (χ3v) is 4.66. The summed E-state index contributed by atoms with van der Waals surface area (Å²) in [5.41, 5.74) is 3.49. The highest BCUT2D eigenvalue weighted by molar-refractivity contribution is 5.96. The molecule has 1 aliphatic rings. The van der Waals surface area contributed by atoms with Gasteiger partial charge in [0, 0.05) is 18.7 Å². The van der Waals surface area contributed by atoms with Gasteiger partial charge in [-0.15, -0.1) is 0 Å². The number of nitrogens with zero attached hydrogens (tertiary/aromatic N) is 1. The van der Waals surface area contributed by atoms with Gasteiger partial charge in [-0.2, -0.15) is 0 Å². The van der Waals surface area contributed by atoms with Crippen molar-refractivity contribution < 1.29 is 4.79 Å². The molecule has 3 rings (SSSR count). The van der Waals surface area contributed by atoms with Crippen LogP contribution < -0.4 is 0 Å². The molecule has 2 atom stereocenters. The molecule has 0 spiro atoms. The number of carbonyl (C=O) groups is 1. The van der Waals surface area contributed by atoms with Gasteiger partial charge in [0.2, 0.25) is 0 Å². The fraction of sp³-hybridized carbons (Fsp3) is 0.350. The SMILES string of the molecule is CCN(CC)C(=O)c1ccccc1C1CC1c1ccccc1. The number of benzene rings is 2. The molecule has 0 N–H and O–H groups in total. The first-order valence-corrected chi connectivity index (χ1v) is 8.19. The third kappa shape index (κ3) is 2.78. The van der Waals surface area contributed by atoms with E-state index in [9.17, 15) is 4.79 Å². The van der Waals surface area contributed by atoms with Gasteiger partial charge in [-0.1, -0.05) is 48.5 Å². The molecule has 1 aliphatic carbocycles. The molecule has 2 unspecified atom stereocenters. The zero-order valence-corrected chi connectivity index (χ0v) is 13.3. The number of rotatable bonds is 5. The van der Waals surface area contributed by atoms with E-state index in [2.05, 4.69) is 42.5 Å². The molecule has 2 aromatic rings. The Morgan fingerprint density at radius 1 is 0.955 bits per heavy atom. The number of hydrogen-bond donors (Lipinski definition) is 0. The van der Waals surface area contributed by atoms with E-state index in [0.29, 0.717) is 11.8 Å². The summed E-state index contributed by atoms with van der Waals surface area (Å²) in [5, 5.41) is 0. The summed E-state index contributed by atoms with van der Waals surface area (Å²) in [6.45, 7) is 5.59. The Morgan fingerprint density at radius 3 is 2.27 bits per heavy atom. The van der Waals surface area contributed by atoms with Crippen molar-refractivity contribution in [3.05, 3.63) is 71.3 Å². The predicted octanol–water partition coefficient (Wildman–Crippen LogP) is 4.44. The van der Waals surface area contributed by atoms with Crippen LogP contribution in [-0.4, -0.2) is 23.9 Å². The van der Waals surface area contributed by atoms with E-state index in [1.54, 1.807) is 0 Å². The molecular weight excluding hydrogens is 270 g/mol. The van der Waals surface area contributed by atoms with Crippen LogP contribution in [0.4, 0.5) is 0 Å². The van der Waals surface area contributed by atoms with Crippen LogP contribution in [0.5, 0.6) is 0 Å². The second kappa shape index (κ2) is 6.35. The third-order valence-electron chi connectivity index (χ3n) is 4.66. The minimum absolute atomic E-state index is 0.166. The van der Waals surface area contributed by atoms with Crippen LogP contribution in [0.3, 0.4) is 0 Å². The van der Waals surface area contributed by atoms with Gasteiger partial charge in [-0.3, -0.25) is 4.79 Å². The maximum Gasteiger partial charge on any atom is 0.254 e. The van der Waals surface area contributed by atoms with Crippen LogP contribution in [0, 0.1) is 0 Å². The Balaban J connectivity index is 1.86. The van der Waals surface area contributed by atoms with Crippen LogP contribution in [0.25, 0.3) is 0 Å². The topological polar surface area (TPSA) is 20.3 Å². The zero-order valence-electron chi connectivity index (χ0n) is 13.3. The van der Waals surface area contributed by atoms with E-state index in [0.717, 1.165) is 25.1 Å². The van der Waals surface area contributed by atoms with E-state index < -0.39 is 0 Å². The first-order chi connectivity index (χ1) is 10.8. The quantitative estimate of drug-likeness (QED) is 0.798. The molecule has 2 nitrogen and oxygen atoms in total. The van der Waals surface area contributed by atoms with Crippen molar-refractivity contribution in [3.63, 3.8) is 0 Å².